The van der Waals surface area contributed by atoms with E-state index in [0.29, 0.717) is 17.5 Å². The number of aryl methyl sites for hydroxylation is 2. The number of hydrogen-bond donors (Lipinski definition) is 1. The van der Waals surface area contributed by atoms with Crippen LogP contribution in [0.2, 0.25) is 0 Å². The normalized spacial score (nSPS) is 14.6. The number of carbonyl (C=O) groups is 1. The lowest BCUT2D eigenvalue weighted by atomic mass is 10.2. The maximum atomic E-state index is 13.3. The molecule has 27 heavy (non-hydrogen) atoms. The number of halogens is 1. The van der Waals surface area contributed by atoms with Crippen LogP contribution in [0.25, 0.3) is 0 Å². The van der Waals surface area contributed by atoms with E-state index >= 15 is 0 Å². The predicted octanol–water partition coefficient (Wildman–Crippen LogP) is 3.63. The third kappa shape index (κ3) is 5.39. The average Bonchev–Trinajstić information content (AvgIpc) is 2.92. The van der Waals surface area contributed by atoms with Gasteiger partial charge in [-0.3, -0.25) is 4.79 Å². The molecule has 1 fully saturated rings. The van der Waals surface area contributed by atoms with E-state index in [-0.39, 0.29) is 12.5 Å². The van der Waals surface area contributed by atoms with Gasteiger partial charge in [-0.15, -0.1) is 0 Å². The number of nitrogens with zero attached hydrogens (tertiary/aromatic N) is 3. The highest BCUT2D eigenvalue weighted by Crippen LogP contribution is 2.20. The van der Waals surface area contributed by atoms with Crippen molar-refractivity contribution < 1.29 is 13.9 Å². The SMILES string of the molecule is Cc1cc(OCC(=O)Nc2cc(F)ccc2C)nc(N2CCCCCC2)n1. The molecule has 0 saturated carbocycles. The quantitative estimate of drug-likeness (QED) is 0.868. The van der Waals surface area contributed by atoms with E-state index in [4.69, 9.17) is 4.74 Å². The van der Waals surface area contributed by atoms with E-state index in [1.165, 1.54) is 25.0 Å². The Hall–Kier alpha value is -2.70. The highest BCUT2D eigenvalue weighted by Gasteiger charge is 2.15. The van der Waals surface area contributed by atoms with Crippen LogP contribution in [0.4, 0.5) is 16.0 Å². The van der Waals surface area contributed by atoms with Crippen molar-refractivity contribution in [1.29, 1.82) is 0 Å². The van der Waals surface area contributed by atoms with Crippen LogP contribution in [-0.4, -0.2) is 35.6 Å². The summed E-state index contributed by atoms with van der Waals surface area (Å²) in [5.41, 5.74) is 2.01. The Morgan fingerprint density at radius 1 is 1.15 bits per heavy atom. The van der Waals surface area contributed by atoms with Crippen LogP contribution in [0, 0.1) is 19.7 Å². The fourth-order valence-electron chi connectivity index (χ4n) is 3.07. The molecule has 6 nitrogen and oxygen atoms in total. The fourth-order valence-corrected chi connectivity index (χ4v) is 3.07. The largest absolute Gasteiger partial charge is 0.467 e. The van der Waals surface area contributed by atoms with Gasteiger partial charge in [0.25, 0.3) is 5.91 Å². The molecule has 0 atom stereocenters. The van der Waals surface area contributed by atoms with Gasteiger partial charge in [0.15, 0.2) is 6.61 Å². The van der Waals surface area contributed by atoms with Gasteiger partial charge in [0.2, 0.25) is 11.8 Å². The van der Waals surface area contributed by atoms with Crippen molar-refractivity contribution >= 4 is 17.5 Å². The molecular weight excluding hydrogens is 347 g/mol. The molecule has 0 aliphatic carbocycles. The Balaban J connectivity index is 1.63. The fraction of sp³-hybridized carbons (Fsp3) is 0.450. The first-order valence-corrected chi connectivity index (χ1v) is 9.31. The number of anilines is 2. The molecule has 1 aliphatic rings. The minimum Gasteiger partial charge on any atom is -0.467 e. The van der Waals surface area contributed by atoms with Crippen LogP contribution in [0.1, 0.15) is 36.9 Å². The van der Waals surface area contributed by atoms with Gasteiger partial charge in [-0.05, 0) is 44.4 Å². The summed E-state index contributed by atoms with van der Waals surface area (Å²) in [7, 11) is 0. The van der Waals surface area contributed by atoms with Gasteiger partial charge in [0.05, 0.1) is 0 Å². The Kier molecular flexibility index (Phi) is 6.21. The molecule has 0 bridgehead atoms. The maximum Gasteiger partial charge on any atom is 0.262 e. The topological polar surface area (TPSA) is 67.3 Å². The van der Waals surface area contributed by atoms with Gasteiger partial charge in [-0.1, -0.05) is 18.9 Å². The van der Waals surface area contributed by atoms with Gasteiger partial charge in [-0.2, -0.15) is 4.98 Å². The smallest absolute Gasteiger partial charge is 0.262 e. The second-order valence-electron chi connectivity index (χ2n) is 6.84. The number of amides is 1. The van der Waals surface area contributed by atoms with Crippen LogP contribution >= 0.6 is 0 Å². The Morgan fingerprint density at radius 2 is 1.89 bits per heavy atom. The minimum absolute atomic E-state index is 0.203. The third-order valence-electron chi connectivity index (χ3n) is 4.53. The first kappa shape index (κ1) is 19.1. The van der Waals surface area contributed by atoms with Crippen molar-refractivity contribution in [2.24, 2.45) is 0 Å². The van der Waals surface area contributed by atoms with Crippen LogP contribution in [-0.2, 0) is 4.79 Å². The van der Waals surface area contributed by atoms with Crippen LogP contribution in [0.15, 0.2) is 24.3 Å². The number of aromatic nitrogens is 2. The Morgan fingerprint density at radius 3 is 2.63 bits per heavy atom. The molecular formula is C20H25FN4O2. The van der Waals surface area contributed by atoms with E-state index in [1.54, 1.807) is 19.1 Å². The molecule has 1 aliphatic heterocycles. The van der Waals surface area contributed by atoms with Gasteiger partial charge >= 0.3 is 0 Å². The summed E-state index contributed by atoms with van der Waals surface area (Å²) in [6.45, 7) is 5.35. The van der Waals surface area contributed by atoms with Gasteiger partial charge < -0.3 is 15.0 Å². The molecule has 1 aromatic carbocycles. The molecule has 7 heteroatoms. The molecule has 3 rings (SSSR count). The number of ether oxygens (including phenoxy) is 1. The molecule has 2 aromatic rings. The molecule has 144 valence electrons. The highest BCUT2D eigenvalue weighted by atomic mass is 19.1. The number of rotatable bonds is 5. The van der Waals surface area contributed by atoms with Crippen LogP contribution in [0.3, 0.4) is 0 Å². The second kappa shape index (κ2) is 8.79. The highest BCUT2D eigenvalue weighted by molar-refractivity contribution is 5.92. The van der Waals surface area contributed by atoms with Gasteiger partial charge in [0.1, 0.15) is 5.82 Å². The van der Waals surface area contributed by atoms with Crippen molar-refractivity contribution in [3.8, 4) is 5.88 Å². The van der Waals surface area contributed by atoms with Crippen molar-refractivity contribution in [3.05, 3.63) is 41.3 Å². The molecule has 1 N–H and O–H groups in total. The molecule has 0 spiro atoms. The Bertz CT molecular complexity index is 805. The predicted molar refractivity (Wildman–Crippen MR) is 103 cm³/mol. The molecule has 2 heterocycles. The van der Waals surface area contributed by atoms with Crippen molar-refractivity contribution in [2.45, 2.75) is 39.5 Å². The summed E-state index contributed by atoms with van der Waals surface area (Å²) in [4.78, 5) is 23.3. The zero-order chi connectivity index (χ0) is 19.2. The standard InChI is InChI=1S/C20H25FN4O2/c1-14-7-8-16(21)12-17(14)23-18(26)13-27-19-11-15(2)22-20(24-19)25-9-5-3-4-6-10-25/h7-8,11-12H,3-6,9-10,13H2,1-2H3,(H,23,26). The first-order chi connectivity index (χ1) is 13.0. The number of hydrogen-bond acceptors (Lipinski definition) is 5. The molecule has 1 amide bonds. The third-order valence-corrected chi connectivity index (χ3v) is 4.53. The van der Waals surface area contributed by atoms with Crippen LogP contribution in [0.5, 0.6) is 5.88 Å². The summed E-state index contributed by atoms with van der Waals surface area (Å²) in [6, 6.07) is 5.98. The zero-order valence-electron chi connectivity index (χ0n) is 15.8. The van der Waals surface area contributed by atoms with Gasteiger partial charge in [-0.25, -0.2) is 9.37 Å². The lowest BCUT2D eigenvalue weighted by Gasteiger charge is -2.21. The molecule has 1 saturated heterocycles. The summed E-state index contributed by atoms with van der Waals surface area (Å²) < 4.78 is 18.9. The van der Waals surface area contributed by atoms with Crippen molar-refractivity contribution in [1.82, 2.24) is 9.97 Å². The maximum absolute atomic E-state index is 13.3. The average molecular weight is 372 g/mol. The Labute approximate surface area is 158 Å². The minimum atomic E-state index is -0.398. The number of nitrogens with one attached hydrogen (secondary N) is 1. The molecule has 0 unspecified atom stereocenters. The van der Waals surface area contributed by atoms with Crippen molar-refractivity contribution in [3.63, 3.8) is 0 Å². The van der Waals surface area contributed by atoms with E-state index < -0.39 is 5.82 Å². The zero-order valence-corrected chi connectivity index (χ0v) is 15.8. The van der Waals surface area contributed by atoms with Crippen LogP contribution < -0.4 is 15.0 Å². The first-order valence-electron chi connectivity index (χ1n) is 9.31. The molecule has 1 aromatic heterocycles. The lowest BCUT2D eigenvalue weighted by molar-refractivity contribution is -0.118. The number of carbonyl (C=O) groups excluding carboxylic acids is 1. The summed E-state index contributed by atoms with van der Waals surface area (Å²) >= 11 is 0. The van der Waals surface area contributed by atoms with E-state index in [9.17, 15) is 9.18 Å². The summed E-state index contributed by atoms with van der Waals surface area (Å²) in [5, 5.41) is 2.66. The summed E-state index contributed by atoms with van der Waals surface area (Å²) in [5.74, 6) is 0.253. The van der Waals surface area contributed by atoms with E-state index in [2.05, 4.69) is 20.2 Å². The van der Waals surface area contributed by atoms with Crippen molar-refractivity contribution in [2.75, 3.05) is 29.9 Å². The summed E-state index contributed by atoms with van der Waals surface area (Å²) in [6.07, 6.45) is 4.71. The molecule has 0 radical (unpaired) electrons. The number of benzene rings is 1. The van der Waals surface area contributed by atoms with E-state index in [0.717, 1.165) is 37.2 Å². The monoisotopic (exact) mass is 372 g/mol. The lowest BCUT2D eigenvalue weighted by Crippen LogP contribution is -2.26. The van der Waals surface area contributed by atoms with Gasteiger partial charge in [0, 0.05) is 30.5 Å². The van der Waals surface area contributed by atoms with E-state index in [1.807, 2.05) is 6.92 Å². The second-order valence-corrected chi connectivity index (χ2v) is 6.84.